The number of rotatable bonds is 6. The molecule has 12 heavy (non-hydrogen) atoms. The molecule has 0 bridgehead atoms. The van der Waals surface area contributed by atoms with Gasteiger partial charge in [0.1, 0.15) is 0 Å². The second-order valence-corrected chi connectivity index (χ2v) is 3.63. The van der Waals surface area contributed by atoms with Crippen LogP contribution in [0.4, 0.5) is 0 Å². The molecule has 0 aromatic rings. The first kappa shape index (κ1) is 11.5. The standard InChI is InChI=1S/C12H22/c1-4-5-6-7-8-9-10-11-12(2)3/h4-7,12H,8-11H2,1-3H3. The second-order valence-electron chi connectivity index (χ2n) is 3.63. The van der Waals surface area contributed by atoms with Crippen LogP contribution in [0.5, 0.6) is 0 Å². The van der Waals surface area contributed by atoms with Crippen molar-refractivity contribution in [2.45, 2.75) is 46.5 Å². The molecule has 0 amide bonds. The van der Waals surface area contributed by atoms with E-state index in [0.29, 0.717) is 0 Å². The first-order chi connectivity index (χ1) is 5.77. The van der Waals surface area contributed by atoms with Gasteiger partial charge in [-0.25, -0.2) is 0 Å². The van der Waals surface area contributed by atoms with Crippen LogP contribution in [-0.2, 0) is 0 Å². The van der Waals surface area contributed by atoms with Crippen LogP contribution in [0.15, 0.2) is 24.3 Å². The molecule has 0 aromatic carbocycles. The van der Waals surface area contributed by atoms with Crippen LogP contribution >= 0.6 is 0 Å². The third-order valence-electron chi connectivity index (χ3n) is 1.84. The van der Waals surface area contributed by atoms with Crippen LogP contribution in [0.1, 0.15) is 46.5 Å². The van der Waals surface area contributed by atoms with Crippen molar-refractivity contribution in [1.29, 1.82) is 0 Å². The highest BCUT2D eigenvalue weighted by Gasteiger charge is 1.91. The van der Waals surface area contributed by atoms with E-state index in [1.807, 2.05) is 6.92 Å². The van der Waals surface area contributed by atoms with Crippen molar-refractivity contribution in [3.63, 3.8) is 0 Å². The smallest absolute Gasteiger partial charge is 0.0348 e. The molecule has 0 radical (unpaired) electrons. The largest absolute Gasteiger partial charge is 0.0877 e. The van der Waals surface area contributed by atoms with Gasteiger partial charge in [-0.2, -0.15) is 0 Å². The summed E-state index contributed by atoms with van der Waals surface area (Å²) >= 11 is 0. The van der Waals surface area contributed by atoms with Crippen molar-refractivity contribution in [1.82, 2.24) is 0 Å². The highest BCUT2D eigenvalue weighted by molar-refractivity contribution is 5.00. The van der Waals surface area contributed by atoms with Gasteiger partial charge in [0.05, 0.1) is 0 Å². The Balaban J connectivity index is 3.10. The minimum absolute atomic E-state index is 0.865. The minimum Gasteiger partial charge on any atom is -0.0877 e. The fraction of sp³-hybridized carbons (Fsp3) is 0.667. The maximum Gasteiger partial charge on any atom is -0.0348 e. The zero-order valence-electron chi connectivity index (χ0n) is 8.72. The Labute approximate surface area is 77.4 Å². The van der Waals surface area contributed by atoms with E-state index < -0.39 is 0 Å². The quantitative estimate of drug-likeness (QED) is 0.407. The molecule has 0 aliphatic rings. The summed E-state index contributed by atoms with van der Waals surface area (Å²) in [5.41, 5.74) is 0. The molecular formula is C12H22. The Morgan fingerprint density at radius 2 is 1.83 bits per heavy atom. The molecule has 0 saturated heterocycles. The van der Waals surface area contributed by atoms with Gasteiger partial charge in [0, 0.05) is 0 Å². The molecule has 0 heteroatoms. The Hall–Kier alpha value is -0.520. The monoisotopic (exact) mass is 166 g/mol. The predicted molar refractivity (Wildman–Crippen MR) is 57.3 cm³/mol. The van der Waals surface area contributed by atoms with Crippen molar-refractivity contribution >= 4 is 0 Å². The van der Waals surface area contributed by atoms with Gasteiger partial charge in [0.15, 0.2) is 0 Å². The van der Waals surface area contributed by atoms with Crippen LogP contribution in [0.25, 0.3) is 0 Å². The minimum atomic E-state index is 0.865. The van der Waals surface area contributed by atoms with Crippen LogP contribution in [0.3, 0.4) is 0 Å². The third kappa shape index (κ3) is 9.48. The Bertz CT molecular complexity index is 129. The van der Waals surface area contributed by atoms with Crippen molar-refractivity contribution in [3.8, 4) is 0 Å². The summed E-state index contributed by atoms with van der Waals surface area (Å²) in [5, 5.41) is 0. The predicted octanol–water partition coefficient (Wildman–Crippen LogP) is 4.34. The van der Waals surface area contributed by atoms with E-state index in [4.69, 9.17) is 0 Å². The van der Waals surface area contributed by atoms with E-state index in [1.165, 1.54) is 25.7 Å². The van der Waals surface area contributed by atoms with Crippen LogP contribution in [0.2, 0.25) is 0 Å². The van der Waals surface area contributed by atoms with E-state index >= 15 is 0 Å². The summed E-state index contributed by atoms with van der Waals surface area (Å²) in [6.45, 7) is 6.62. The highest BCUT2D eigenvalue weighted by Crippen LogP contribution is 2.08. The van der Waals surface area contributed by atoms with Gasteiger partial charge in [-0.1, -0.05) is 51.0 Å². The summed E-state index contributed by atoms with van der Waals surface area (Å²) in [7, 11) is 0. The van der Waals surface area contributed by atoms with Crippen molar-refractivity contribution in [2.75, 3.05) is 0 Å². The molecule has 0 heterocycles. The summed E-state index contributed by atoms with van der Waals surface area (Å²) < 4.78 is 0. The third-order valence-corrected chi connectivity index (χ3v) is 1.84. The van der Waals surface area contributed by atoms with E-state index in [0.717, 1.165) is 5.92 Å². The molecule has 0 aromatic heterocycles. The topological polar surface area (TPSA) is 0 Å². The van der Waals surface area contributed by atoms with Crippen molar-refractivity contribution in [3.05, 3.63) is 24.3 Å². The zero-order chi connectivity index (χ0) is 9.23. The average molecular weight is 166 g/mol. The maximum atomic E-state index is 2.29. The molecule has 0 fully saturated rings. The molecule has 0 atom stereocenters. The lowest BCUT2D eigenvalue weighted by atomic mass is 10.1. The second kappa shape index (κ2) is 8.58. The van der Waals surface area contributed by atoms with Gasteiger partial charge in [0.2, 0.25) is 0 Å². The highest BCUT2D eigenvalue weighted by atomic mass is 14.0. The average Bonchev–Trinajstić information content (AvgIpc) is 2.02. The van der Waals surface area contributed by atoms with Crippen LogP contribution < -0.4 is 0 Å². The van der Waals surface area contributed by atoms with Gasteiger partial charge in [-0.15, -0.1) is 0 Å². The Kier molecular flexibility index (Phi) is 8.20. The van der Waals surface area contributed by atoms with E-state index in [9.17, 15) is 0 Å². The molecule has 0 aliphatic carbocycles. The lowest BCUT2D eigenvalue weighted by molar-refractivity contribution is 0.540. The molecule has 0 N–H and O–H groups in total. The molecule has 0 aliphatic heterocycles. The summed E-state index contributed by atoms with van der Waals surface area (Å²) in [4.78, 5) is 0. The van der Waals surface area contributed by atoms with Crippen molar-refractivity contribution < 1.29 is 0 Å². The van der Waals surface area contributed by atoms with E-state index in [-0.39, 0.29) is 0 Å². The first-order valence-corrected chi connectivity index (χ1v) is 5.05. The normalized spacial score (nSPS) is 12.3. The molecule has 0 spiro atoms. The number of allylic oxidation sites excluding steroid dienone is 4. The van der Waals surface area contributed by atoms with Gasteiger partial charge in [0.25, 0.3) is 0 Å². The van der Waals surface area contributed by atoms with Gasteiger partial charge < -0.3 is 0 Å². The molecular weight excluding hydrogens is 144 g/mol. The molecule has 0 rings (SSSR count). The SMILES string of the molecule is CC=CC=CCCCCC(C)C. The fourth-order valence-corrected chi connectivity index (χ4v) is 1.10. The molecule has 0 unspecified atom stereocenters. The number of unbranched alkanes of at least 4 members (excludes halogenated alkanes) is 2. The van der Waals surface area contributed by atoms with Crippen LogP contribution in [0, 0.1) is 5.92 Å². The fourth-order valence-electron chi connectivity index (χ4n) is 1.10. The van der Waals surface area contributed by atoms with Gasteiger partial charge in [-0.05, 0) is 25.7 Å². The van der Waals surface area contributed by atoms with E-state index in [1.54, 1.807) is 0 Å². The maximum absolute atomic E-state index is 2.29. The number of hydrogen-bond acceptors (Lipinski definition) is 0. The molecule has 70 valence electrons. The summed E-state index contributed by atoms with van der Waals surface area (Å²) in [6.07, 6.45) is 13.8. The van der Waals surface area contributed by atoms with Gasteiger partial charge in [-0.3, -0.25) is 0 Å². The summed E-state index contributed by atoms with van der Waals surface area (Å²) in [5.74, 6) is 0.865. The Morgan fingerprint density at radius 1 is 1.08 bits per heavy atom. The zero-order valence-corrected chi connectivity index (χ0v) is 8.72. The molecule has 0 saturated carbocycles. The van der Waals surface area contributed by atoms with E-state index in [2.05, 4.69) is 38.2 Å². The molecule has 0 nitrogen and oxygen atoms in total. The lowest BCUT2D eigenvalue weighted by Gasteiger charge is -2.01. The summed E-state index contributed by atoms with van der Waals surface area (Å²) in [6, 6.07) is 0. The first-order valence-electron chi connectivity index (χ1n) is 5.05. The van der Waals surface area contributed by atoms with Crippen molar-refractivity contribution in [2.24, 2.45) is 5.92 Å². The Morgan fingerprint density at radius 3 is 2.42 bits per heavy atom. The van der Waals surface area contributed by atoms with Crippen LogP contribution in [-0.4, -0.2) is 0 Å². The number of hydrogen-bond donors (Lipinski definition) is 0. The lowest BCUT2D eigenvalue weighted by Crippen LogP contribution is -1.85. The van der Waals surface area contributed by atoms with Gasteiger partial charge >= 0.3 is 0 Å².